The summed E-state index contributed by atoms with van der Waals surface area (Å²) in [5.41, 5.74) is 0.103. The van der Waals surface area contributed by atoms with Crippen molar-refractivity contribution in [3.8, 4) is 0 Å². The number of carbonyl (C=O) groups excluding carboxylic acids is 1. The first-order valence-electron chi connectivity index (χ1n) is 5.94. The fourth-order valence-corrected chi connectivity index (χ4v) is 1.57. The third kappa shape index (κ3) is 3.37. The lowest BCUT2D eigenvalue weighted by Crippen LogP contribution is -2.32. The van der Waals surface area contributed by atoms with E-state index >= 15 is 0 Å². The molecular formula is C12H13N5O3. The SMILES string of the molecule is Cc1ccc(=O)n(CCNC(=O)c2cc(=O)[nH]cn2)n1. The van der Waals surface area contributed by atoms with E-state index in [2.05, 4.69) is 20.4 Å². The number of carbonyl (C=O) groups is 1. The maximum absolute atomic E-state index is 11.7. The Morgan fingerprint density at radius 1 is 1.40 bits per heavy atom. The van der Waals surface area contributed by atoms with Crippen molar-refractivity contribution in [2.75, 3.05) is 6.54 Å². The van der Waals surface area contributed by atoms with Gasteiger partial charge in [0.2, 0.25) is 0 Å². The van der Waals surface area contributed by atoms with Gasteiger partial charge in [-0.15, -0.1) is 0 Å². The second kappa shape index (κ2) is 5.91. The average Bonchev–Trinajstić information content (AvgIpc) is 2.42. The van der Waals surface area contributed by atoms with Gasteiger partial charge in [-0.25, -0.2) is 9.67 Å². The van der Waals surface area contributed by atoms with Crippen molar-refractivity contribution in [1.29, 1.82) is 0 Å². The number of nitrogens with zero attached hydrogens (tertiary/aromatic N) is 3. The maximum atomic E-state index is 11.7. The summed E-state index contributed by atoms with van der Waals surface area (Å²) in [5, 5.41) is 6.61. The molecule has 2 aromatic heterocycles. The highest BCUT2D eigenvalue weighted by Gasteiger charge is 2.07. The summed E-state index contributed by atoms with van der Waals surface area (Å²) in [6, 6.07) is 4.15. The van der Waals surface area contributed by atoms with E-state index in [-0.39, 0.29) is 24.3 Å². The van der Waals surface area contributed by atoms with E-state index in [1.807, 2.05) is 0 Å². The monoisotopic (exact) mass is 275 g/mol. The van der Waals surface area contributed by atoms with Crippen LogP contribution in [-0.4, -0.2) is 32.2 Å². The minimum absolute atomic E-state index is 0.0262. The zero-order valence-corrected chi connectivity index (χ0v) is 10.8. The molecule has 20 heavy (non-hydrogen) atoms. The summed E-state index contributed by atoms with van der Waals surface area (Å²) >= 11 is 0. The van der Waals surface area contributed by atoms with E-state index in [9.17, 15) is 14.4 Å². The lowest BCUT2D eigenvalue weighted by Gasteiger charge is -2.06. The van der Waals surface area contributed by atoms with E-state index in [0.717, 1.165) is 12.4 Å². The maximum Gasteiger partial charge on any atom is 0.270 e. The first kappa shape index (κ1) is 13.7. The van der Waals surface area contributed by atoms with Crippen LogP contribution in [0.4, 0.5) is 0 Å². The summed E-state index contributed by atoms with van der Waals surface area (Å²) in [7, 11) is 0. The van der Waals surface area contributed by atoms with Crippen LogP contribution in [0.2, 0.25) is 0 Å². The van der Waals surface area contributed by atoms with Gasteiger partial charge >= 0.3 is 0 Å². The number of nitrogens with one attached hydrogen (secondary N) is 2. The molecular weight excluding hydrogens is 262 g/mol. The topological polar surface area (TPSA) is 110 Å². The zero-order valence-electron chi connectivity index (χ0n) is 10.8. The molecule has 0 fully saturated rings. The fraction of sp³-hybridized carbons (Fsp3) is 0.250. The van der Waals surface area contributed by atoms with Gasteiger partial charge in [0, 0.05) is 18.7 Å². The van der Waals surface area contributed by atoms with Crippen LogP contribution in [0.5, 0.6) is 0 Å². The Kier molecular flexibility index (Phi) is 4.04. The molecule has 0 saturated heterocycles. The number of hydrogen-bond acceptors (Lipinski definition) is 5. The zero-order chi connectivity index (χ0) is 14.5. The van der Waals surface area contributed by atoms with Gasteiger partial charge in [0.15, 0.2) is 0 Å². The molecule has 0 bridgehead atoms. The molecule has 0 aliphatic rings. The van der Waals surface area contributed by atoms with Crippen LogP contribution < -0.4 is 16.4 Å². The van der Waals surface area contributed by atoms with Crippen LogP contribution in [-0.2, 0) is 6.54 Å². The summed E-state index contributed by atoms with van der Waals surface area (Å²) in [4.78, 5) is 40.3. The molecule has 8 nitrogen and oxygen atoms in total. The Hall–Kier alpha value is -2.77. The van der Waals surface area contributed by atoms with Crippen LogP contribution in [0, 0.1) is 6.92 Å². The molecule has 0 aliphatic carbocycles. The van der Waals surface area contributed by atoms with Crippen molar-refractivity contribution in [3.05, 3.63) is 56.6 Å². The number of rotatable bonds is 4. The van der Waals surface area contributed by atoms with E-state index in [4.69, 9.17) is 0 Å². The summed E-state index contributed by atoms with van der Waals surface area (Å²) in [6.07, 6.45) is 1.16. The van der Waals surface area contributed by atoms with E-state index in [1.165, 1.54) is 10.7 Å². The Bertz CT molecular complexity index is 734. The standard InChI is InChI=1S/C12H13N5O3/c1-8-2-3-11(19)17(16-8)5-4-13-12(20)9-6-10(18)15-7-14-9/h2-3,6-7H,4-5H2,1H3,(H,13,20)(H,14,15,18). The van der Waals surface area contributed by atoms with E-state index in [1.54, 1.807) is 13.0 Å². The molecule has 0 atom stereocenters. The highest BCUT2D eigenvalue weighted by molar-refractivity contribution is 5.91. The molecule has 0 spiro atoms. The highest BCUT2D eigenvalue weighted by Crippen LogP contribution is 1.88. The Morgan fingerprint density at radius 2 is 2.20 bits per heavy atom. The van der Waals surface area contributed by atoms with Crippen LogP contribution in [0.1, 0.15) is 16.2 Å². The van der Waals surface area contributed by atoms with Crippen LogP contribution in [0.15, 0.2) is 34.1 Å². The summed E-state index contributed by atoms with van der Waals surface area (Å²) in [6.45, 7) is 2.23. The minimum atomic E-state index is -0.475. The molecule has 104 valence electrons. The van der Waals surface area contributed by atoms with Crippen molar-refractivity contribution in [3.63, 3.8) is 0 Å². The predicted molar refractivity (Wildman–Crippen MR) is 70.4 cm³/mol. The Balaban J connectivity index is 1.96. The number of H-pyrrole nitrogens is 1. The van der Waals surface area contributed by atoms with Crippen molar-refractivity contribution < 1.29 is 4.79 Å². The number of aryl methyl sites for hydroxylation is 1. The number of aromatic amines is 1. The number of hydrogen-bond donors (Lipinski definition) is 2. The molecule has 0 aliphatic heterocycles. The lowest BCUT2D eigenvalue weighted by atomic mass is 10.4. The largest absolute Gasteiger partial charge is 0.349 e. The molecule has 0 unspecified atom stereocenters. The molecule has 0 radical (unpaired) electrons. The first-order valence-corrected chi connectivity index (χ1v) is 5.94. The van der Waals surface area contributed by atoms with Crippen molar-refractivity contribution in [2.24, 2.45) is 0 Å². The first-order chi connectivity index (χ1) is 9.56. The van der Waals surface area contributed by atoms with Gasteiger partial charge in [0.25, 0.3) is 17.0 Å². The molecule has 1 amide bonds. The second-order valence-corrected chi connectivity index (χ2v) is 4.09. The van der Waals surface area contributed by atoms with Gasteiger partial charge in [0.05, 0.1) is 18.6 Å². The van der Waals surface area contributed by atoms with Crippen LogP contribution in [0.3, 0.4) is 0 Å². The fourth-order valence-electron chi connectivity index (χ4n) is 1.57. The smallest absolute Gasteiger partial charge is 0.270 e. The Morgan fingerprint density at radius 3 is 2.95 bits per heavy atom. The molecule has 2 heterocycles. The van der Waals surface area contributed by atoms with Gasteiger partial charge in [-0.2, -0.15) is 5.10 Å². The van der Waals surface area contributed by atoms with Crippen LogP contribution >= 0.6 is 0 Å². The quantitative estimate of drug-likeness (QED) is 0.748. The van der Waals surface area contributed by atoms with Gasteiger partial charge < -0.3 is 10.3 Å². The number of aromatic nitrogens is 4. The molecule has 2 rings (SSSR count). The summed E-state index contributed by atoms with van der Waals surface area (Å²) < 4.78 is 1.26. The average molecular weight is 275 g/mol. The Labute approximate surface area is 113 Å². The van der Waals surface area contributed by atoms with Gasteiger partial charge in [-0.3, -0.25) is 14.4 Å². The molecule has 2 N–H and O–H groups in total. The minimum Gasteiger partial charge on any atom is -0.349 e. The van der Waals surface area contributed by atoms with Crippen LogP contribution in [0.25, 0.3) is 0 Å². The highest BCUT2D eigenvalue weighted by atomic mass is 16.2. The molecule has 0 saturated carbocycles. The van der Waals surface area contributed by atoms with Gasteiger partial charge in [-0.05, 0) is 13.0 Å². The van der Waals surface area contributed by atoms with Crippen molar-refractivity contribution in [2.45, 2.75) is 13.5 Å². The van der Waals surface area contributed by atoms with E-state index in [0.29, 0.717) is 5.69 Å². The third-order valence-electron chi connectivity index (χ3n) is 2.52. The predicted octanol–water partition coefficient (Wildman–Crippen LogP) is -0.935. The second-order valence-electron chi connectivity index (χ2n) is 4.09. The lowest BCUT2D eigenvalue weighted by molar-refractivity contribution is 0.0946. The normalized spacial score (nSPS) is 10.2. The molecule has 8 heteroatoms. The van der Waals surface area contributed by atoms with E-state index < -0.39 is 11.5 Å². The third-order valence-corrected chi connectivity index (χ3v) is 2.52. The van der Waals surface area contributed by atoms with Gasteiger partial charge in [-0.1, -0.05) is 0 Å². The van der Waals surface area contributed by atoms with Crippen molar-refractivity contribution in [1.82, 2.24) is 25.1 Å². The molecule has 2 aromatic rings. The number of amides is 1. The summed E-state index contributed by atoms with van der Waals surface area (Å²) in [5.74, 6) is -0.475. The molecule has 0 aromatic carbocycles. The van der Waals surface area contributed by atoms with Crippen molar-refractivity contribution >= 4 is 5.91 Å². The van der Waals surface area contributed by atoms with Gasteiger partial charge in [0.1, 0.15) is 5.69 Å².